The Labute approximate surface area is 108 Å². The molecule has 3 N–H and O–H groups in total. The van der Waals surface area contributed by atoms with E-state index in [9.17, 15) is 14.7 Å². The fourth-order valence-corrected chi connectivity index (χ4v) is 2.29. The molecule has 0 aromatic rings. The van der Waals surface area contributed by atoms with Crippen LogP contribution in [0, 0.1) is 5.92 Å². The van der Waals surface area contributed by atoms with Crippen molar-refractivity contribution in [1.82, 2.24) is 10.6 Å². The van der Waals surface area contributed by atoms with Crippen LogP contribution in [0.2, 0.25) is 0 Å². The fourth-order valence-electron chi connectivity index (χ4n) is 2.29. The van der Waals surface area contributed by atoms with Crippen LogP contribution in [-0.4, -0.2) is 29.2 Å². The van der Waals surface area contributed by atoms with Crippen LogP contribution in [0.1, 0.15) is 52.4 Å². The lowest BCUT2D eigenvalue weighted by molar-refractivity contribution is -0.146. The lowest BCUT2D eigenvalue weighted by atomic mass is 9.77. The van der Waals surface area contributed by atoms with Gasteiger partial charge in [-0.3, -0.25) is 0 Å². The molecule has 1 aliphatic carbocycles. The van der Waals surface area contributed by atoms with E-state index in [1.54, 1.807) is 0 Å². The zero-order valence-electron chi connectivity index (χ0n) is 11.3. The van der Waals surface area contributed by atoms with Crippen LogP contribution in [0.4, 0.5) is 4.79 Å². The second kappa shape index (κ2) is 6.61. The minimum atomic E-state index is -1.07. The fraction of sp³-hybridized carbons (Fsp3) is 0.846. The van der Waals surface area contributed by atoms with E-state index in [2.05, 4.69) is 17.6 Å². The summed E-state index contributed by atoms with van der Waals surface area (Å²) in [7, 11) is 0. The maximum Gasteiger partial charge on any atom is 0.329 e. The zero-order valence-corrected chi connectivity index (χ0v) is 11.3. The van der Waals surface area contributed by atoms with Gasteiger partial charge in [-0.1, -0.05) is 20.3 Å². The molecule has 1 aliphatic rings. The number of urea groups is 1. The number of hydrogen-bond donors (Lipinski definition) is 3. The van der Waals surface area contributed by atoms with Crippen LogP contribution < -0.4 is 10.6 Å². The molecule has 0 aromatic carbocycles. The molecule has 0 aromatic heterocycles. The Morgan fingerprint density at radius 1 is 1.33 bits per heavy atom. The van der Waals surface area contributed by atoms with Gasteiger partial charge in [0.25, 0.3) is 0 Å². The molecule has 0 radical (unpaired) electrons. The Hall–Kier alpha value is -1.26. The molecular formula is C13H24N2O3. The molecule has 5 heteroatoms. The van der Waals surface area contributed by atoms with Gasteiger partial charge < -0.3 is 15.7 Å². The summed E-state index contributed by atoms with van der Waals surface area (Å²) in [5, 5.41) is 14.7. The van der Waals surface area contributed by atoms with Crippen molar-refractivity contribution in [2.75, 3.05) is 6.54 Å². The standard InChI is InChI=1S/C13H24N2O3/c1-3-4-9-14-12(18)15-13(11(16)17)7-5-10(2)6-8-13/h10H,3-9H2,1-2H3,(H,16,17)(H2,14,15,18). The van der Waals surface area contributed by atoms with Crippen molar-refractivity contribution in [3.63, 3.8) is 0 Å². The SMILES string of the molecule is CCCCNC(=O)NC1(C(=O)O)CCC(C)CC1. The number of carbonyl (C=O) groups is 2. The predicted molar refractivity (Wildman–Crippen MR) is 69.4 cm³/mol. The second-order valence-electron chi connectivity index (χ2n) is 5.30. The number of hydrogen-bond acceptors (Lipinski definition) is 2. The van der Waals surface area contributed by atoms with Crippen molar-refractivity contribution in [3.05, 3.63) is 0 Å². The van der Waals surface area contributed by atoms with E-state index in [1.807, 2.05) is 6.92 Å². The molecule has 0 aliphatic heterocycles. The van der Waals surface area contributed by atoms with Gasteiger partial charge in [0.05, 0.1) is 0 Å². The lowest BCUT2D eigenvalue weighted by Gasteiger charge is -2.36. The molecule has 0 heterocycles. The van der Waals surface area contributed by atoms with Gasteiger partial charge in [0.1, 0.15) is 5.54 Å². The molecule has 5 nitrogen and oxygen atoms in total. The minimum Gasteiger partial charge on any atom is -0.480 e. The van der Waals surface area contributed by atoms with Crippen LogP contribution in [0.15, 0.2) is 0 Å². The molecule has 0 atom stereocenters. The third kappa shape index (κ3) is 3.89. The average Bonchev–Trinajstić information content (AvgIpc) is 2.32. The Morgan fingerprint density at radius 3 is 2.44 bits per heavy atom. The van der Waals surface area contributed by atoms with E-state index in [1.165, 1.54) is 0 Å². The first-order chi connectivity index (χ1) is 8.50. The summed E-state index contributed by atoms with van der Waals surface area (Å²) in [4.78, 5) is 23.1. The average molecular weight is 256 g/mol. The molecule has 104 valence electrons. The molecule has 0 unspecified atom stereocenters. The molecule has 1 saturated carbocycles. The molecule has 2 amide bonds. The second-order valence-corrected chi connectivity index (χ2v) is 5.30. The summed E-state index contributed by atoms with van der Waals surface area (Å²) < 4.78 is 0. The highest BCUT2D eigenvalue weighted by Crippen LogP contribution is 2.32. The first-order valence-electron chi connectivity index (χ1n) is 6.79. The third-order valence-corrected chi connectivity index (χ3v) is 3.71. The maximum atomic E-state index is 11.7. The van der Waals surface area contributed by atoms with Crippen LogP contribution in [0.25, 0.3) is 0 Å². The van der Waals surface area contributed by atoms with Gasteiger partial charge in [-0.05, 0) is 38.0 Å². The number of aliphatic carboxylic acids is 1. The van der Waals surface area contributed by atoms with Gasteiger partial charge in [0, 0.05) is 6.54 Å². The first-order valence-corrected chi connectivity index (χ1v) is 6.79. The third-order valence-electron chi connectivity index (χ3n) is 3.71. The molecule has 1 fully saturated rings. The van der Waals surface area contributed by atoms with Gasteiger partial charge in [0.15, 0.2) is 0 Å². The van der Waals surface area contributed by atoms with E-state index in [0.717, 1.165) is 25.7 Å². The van der Waals surface area contributed by atoms with Crippen molar-refractivity contribution in [2.24, 2.45) is 5.92 Å². The Morgan fingerprint density at radius 2 is 1.94 bits per heavy atom. The summed E-state index contributed by atoms with van der Waals surface area (Å²) in [6.07, 6.45) is 4.64. The largest absolute Gasteiger partial charge is 0.480 e. The lowest BCUT2D eigenvalue weighted by Crippen LogP contribution is -2.58. The van der Waals surface area contributed by atoms with Crippen molar-refractivity contribution in [1.29, 1.82) is 0 Å². The van der Waals surface area contributed by atoms with E-state index < -0.39 is 11.5 Å². The summed E-state index contributed by atoms with van der Waals surface area (Å²) in [5.41, 5.74) is -1.07. The smallest absolute Gasteiger partial charge is 0.329 e. The van der Waals surface area contributed by atoms with Crippen LogP contribution in [-0.2, 0) is 4.79 Å². The number of nitrogens with one attached hydrogen (secondary N) is 2. The van der Waals surface area contributed by atoms with E-state index in [-0.39, 0.29) is 6.03 Å². The van der Waals surface area contributed by atoms with E-state index >= 15 is 0 Å². The number of unbranched alkanes of at least 4 members (excludes halogenated alkanes) is 1. The van der Waals surface area contributed by atoms with E-state index in [4.69, 9.17) is 0 Å². The monoisotopic (exact) mass is 256 g/mol. The zero-order chi connectivity index (χ0) is 13.6. The summed E-state index contributed by atoms with van der Waals surface area (Å²) in [6.45, 7) is 4.75. The van der Waals surface area contributed by atoms with E-state index in [0.29, 0.717) is 25.3 Å². The Kier molecular flexibility index (Phi) is 5.44. The minimum absolute atomic E-state index is 0.361. The van der Waals surface area contributed by atoms with Crippen molar-refractivity contribution in [3.8, 4) is 0 Å². The summed E-state index contributed by atoms with van der Waals surface area (Å²) in [6, 6.07) is -0.361. The number of rotatable bonds is 5. The normalized spacial score (nSPS) is 27.6. The van der Waals surface area contributed by atoms with Crippen LogP contribution in [0.3, 0.4) is 0 Å². The Balaban J connectivity index is 2.52. The number of amides is 2. The van der Waals surface area contributed by atoms with Gasteiger partial charge in [-0.25, -0.2) is 9.59 Å². The van der Waals surface area contributed by atoms with Gasteiger partial charge in [-0.15, -0.1) is 0 Å². The Bertz CT molecular complexity index is 297. The van der Waals surface area contributed by atoms with Crippen molar-refractivity contribution < 1.29 is 14.7 Å². The molecule has 0 bridgehead atoms. The van der Waals surface area contributed by atoms with Crippen LogP contribution >= 0.6 is 0 Å². The number of carbonyl (C=O) groups excluding carboxylic acids is 1. The molecule has 1 rings (SSSR count). The van der Waals surface area contributed by atoms with Crippen LogP contribution in [0.5, 0.6) is 0 Å². The molecular weight excluding hydrogens is 232 g/mol. The molecule has 0 spiro atoms. The first kappa shape index (κ1) is 14.8. The summed E-state index contributed by atoms with van der Waals surface area (Å²) >= 11 is 0. The predicted octanol–water partition coefficient (Wildman–Crippen LogP) is 2.12. The highest BCUT2D eigenvalue weighted by Gasteiger charge is 2.42. The topological polar surface area (TPSA) is 78.4 Å². The number of carboxylic acids is 1. The van der Waals surface area contributed by atoms with Gasteiger partial charge in [0.2, 0.25) is 0 Å². The van der Waals surface area contributed by atoms with Crippen molar-refractivity contribution in [2.45, 2.75) is 57.9 Å². The molecule has 18 heavy (non-hydrogen) atoms. The van der Waals surface area contributed by atoms with Gasteiger partial charge in [-0.2, -0.15) is 0 Å². The van der Waals surface area contributed by atoms with Gasteiger partial charge >= 0.3 is 12.0 Å². The highest BCUT2D eigenvalue weighted by atomic mass is 16.4. The molecule has 0 saturated heterocycles. The quantitative estimate of drug-likeness (QED) is 0.659. The highest BCUT2D eigenvalue weighted by molar-refractivity contribution is 5.86. The summed E-state index contributed by atoms with van der Waals surface area (Å²) in [5.74, 6) is -0.373. The number of carboxylic acid groups (broad SMARTS) is 1. The maximum absolute atomic E-state index is 11.7. The van der Waals surface area contributed by atoms with Crippen molar-refractivity contribution >= 4 is 12.0 Å².